The summed E-state index contributed by atoms with van der Waals surface area (Å²) in [5.74, 6) is 0. The van der Waals surface area contributed by atoms with Gasteiger partial charge in [0.1, 0.15) is 6.67 Å². The van der Waals surface area contributed by atoms with E-state index >= 15 is 0 Å². The first-order chi connectivity index (χ1) is 3.31. The van der Waals surface area contributed by atoms with Gasteiger partial charge in [0.25, 0.3) is 0 Å². The van der Waals surface area contributed by atoms with Crippen LogP contribution in [0.3, 0.4) is 0 Å². The average molecular weight is 101 g/mol. The molecule has 0 N–H and O–H groups in total. The minimum absolute atomic E-state index is 0.338. The molecule has 0 unspecified atom stereocenters. The fourth-order valence-electron chi connectivity index (χ4n) is 0.301. The van der Waals surface area contributed by atoms with Crippen LogP contribution >= 0.6 is 0 Å². The van der Waals surface area contributed by atoms with Gasteiger partial charge < -0.3 is 0 Å². The lowest BCUT2D eigenvalue weighted by Gasteiger charge is -1.85. The third kappa shape index (κ3) is 3.50. The van der Waals surface area contributed by atoms with Crippen molar-refractivity contribution in [1.29, 1.82) is 0 Å². The van der Waals surface area contributed by atoms with Crippen molar-refractivity contribution in [2.75, 3.05) is 6.67 Å². The molecule has 1 heteroatoms. The Balaban J connectivity index is 3.29. The second kappa shape index (κ2) is 3.85. The first kappa shape index (κ1) is 6.67. The Morgan fingerprint density at radius 2 is 2.43 bits per heavy atom. The van der Waals surface area contributed by atoms with Crippen LogP contribution in [0.4, 0.5) is 4.39 Å². The van der Waals surface area contributed by atoms with E-state index in [0.717, 1.165) is 5.57 Å². The molecule has 1 radical (unpaired) electrons. The summed E-state index contributed by atoms with van der Waals surface area (Å²) in [5.41, 5.74) is 0.773. The van der Waals surface area contributed by atoms with Crippen molar-refractivity contribution in [3.8, 4) is 0 Å². The molecule has 0 saturated heterocycles. The van der Waals surface area contributed by atoms with Crippen molar-refractivity contribution < 1.29 is 4.39 Å². The van der Waals surface area contributed by atoms with Crippen molar-refractivity contribution in [2.24, 2.45) is 0 Å². The summed E-state index contributed by atoms with van der Waals surface area (Å²) in [7, 11) is 0. The molecular formula is C6H10F. The van der Waals surface area contributed by atoms with Crippen LogP contribution in [0.15, 0.2) is 11.6 Å². The molecule has 0 aliphatic rings. The van der Waals surface area contributed by atoms with Crippen LogP contribution < -0.4 is 0 Å². The van der Waals surface area contributed by atoms with Crippen LogP contribution in [0.5, 0.6) is 0 Å². The van der Waals surface area contributed by atoms with Crippen molar-refractivity contribution in [1.82, 2.24) is 0 Å². The third-order valence-electron chi connectivity index (χ3n) is 0.704. The SMILES string of the molecule is [CH2]C/C=C(\C)CF. The first-order valence-corrected chi connectivity index (χ1v) is 2.32. The Hall–Kier alpha value is -0.330. The van der Waals surface area contributed by atoms with Gasteiger partial charge in [-0.1, -0.05) is 6.08 Å². The molecule has 0 spiro atoms. The highest BCUT2D eigenvalue weighted by molar-refractivity contribution is 4.97. The van der Waals surface area contributed by atoms with Crippen molar-refractivity contribution in [2.45, 2.75) is 13.3 Å². The molecule has 0 aliphatic carbocycles. The molecule has 0 aromatic carbocycles. The molecule has 0 bridgehead atoms. The second-order valence-electron chi connectivity index (χ2n) is 1.47. The maximum Gasteiger partial charge on any atom is 0.110 e. The molecule has 0 nitrogen and oxygen atoms in total. The van der Waals surface area contributed by atoms with Crippen molar-refractivity contribution in [3.63, 3.8) is 0 Å². The summed E-state index contributed by atoms with van der Waals surface area (Å²) in [4.78, 5) is 0. The fourth-order valence-corrected chi connectivity index (χ4v) is 0.301. The first-order valence-electron chi connectivity index (χ1n) is 2.32. The number of alkyl halides is 1. The van der Waals surface area contributed by atoms with Gasteiger partial charge in [-0.25, -0.2) is 4.39 Å². The van der Waals surface area contributed by atoms with Gasteiger partial charge in [-0.15, -0.1) is 0 Å². The van der Waals surface area contributed by atoms with Gasteiger partial charge in [0.15, 0.2) is 0 Å². The Labute approximate surface area is 44.0 Å². The summed E-state index contributed by atoms with van der Waals surface area (Å²) in [5, 5.41) is 0. The van der Waals surface area contributed by atoms with Gasteiger partial charge in [-0.2, -0.15) is 0 Å². The number of rotatable bonds is 2. The summed E-state index contributed by atoms with van der Waals surface area (Å²) >= 11 is 0. The van der Waals surface area contributed by atoms with E-state index in [0.29, 0.717) is 6.42 Å². The number of hydrogen-bond donors (Lipinski definition) is 0. The highest BCUT2D eigenvalue weighted by Gasteiger charge is 1.80. The third-order valence-corrected chi connectivity index (χ3v) is 0.704. The highest BCUT2D eigenvalue weighted by Crippen LogP contribution is 1.93. The molecule has 0 aromatic rings. The molecule has 0 amide bonds. The minimum Gasteiger partial charge on any atom is -0.246 e. The second-order valence-corrected chi connectivity index (χ2v) is 1.47. The highest BCUT2D eigenvalue weighted by atomic mass is 19.1. The normalized spacial score (nSPS) is 12.1. The van der Waals surface area contributed by atoms with Gasteiger partial charge in [0.2, 0.25) is 0 Å². The number of halogens is 1. The van der Waals surface area contributed by atoms with E-state index in [1.165, 1.54) is 0 Å². The topological polar surface area (TPSA) is 0 Å². The minimum atomic E-state index is -0.338. The maximum atomic E-state index is 11.5. The lowest BCUT2D eigenvalue weighted by Crippen LogP contribution is -1.74. The standard InChI is InChI=1S/C6H10F/c1-3-4-6(2)5-7/h4H,1,3,5H2,2H3/b6-4+. The zero-order valence-corrected chi connectivity index (χ0v) is 4.58. The largest absolute Gasteiger partial charge is 0.246 e. The fraction of sp³-hybridized carbons (Fsp3) is 0.500. The van der Waals surface area contributed by atoms with E-state index in [9.17, 15) is 4.39 Å². The van der Waals surface area contributed by atoms with Gasteiger partial charge >= 0.3 is 0 Å². The average Bonchev–Trinajstić information content (AvgIpc) is 1.68. The molecule has 0 fully saturated rings. The monoisotopic (exact) mass is 101 g/mol. The zero-order chi connectivity index (χ0) is 5.70. The zero-order valence-electron chi connectivity index (χ0n) is 4.58. The summed E-state index contributed by atoms with van der Waals surface area (Å²) in [6.07, 6.45) is 2.47. The van der Waals surface area contributed by atoms with E-state index in [4.69, 9.17) is 0 Å². The maximum absolute atomic E-state index is 11.5. The lowest BCUT2D eigenvalue weighted by molar-refractivity contribution is 0.542. The molecule has 0 aromatic heterocycles. The van der Waals surface area contributed by atoms with Gasteiger partial charge in [0.05, 0.1) is 0 Å². The van der Waals surface area contributed by atoms with E-state index in [1.807, 2.05) is 0 Å². The van der Waals surface area contributed by atoms with Crippen molar-refractivity contribution >= 4 is 0 Å². The van der Waals surface area contributed by atoms with Crippen LogP contribution in [-0.4, -0.2) is 6.67 Å². The predicted octanol–water partition coefficient (Wildman–Crippen LogP) is 2.13. The Morgan fingerprint density at radius 1 is 1.86 bits per heavy atom. The van der Waals surface area contributed by atoms with Crippen LogP contribution in [-0.2, 0) is 0 Å². The van der Waals surface area contributed by atoms with Gasteiger partial charge in [-0.05, 0) is 25.8 Å². The summed E-state index contributed by atoms with van der Waals surface area (Å²) < 4.78 is 11.5. The molecule has 0 saturated carbocycles. The molecule has 0 atom stereocenters. The molecule has 7 heavy (non-hydrogen) atoms. The summed E-state index contributed by atoms with van der Waals surface area (Å²) in [6.45, 7) is 4.95. The molecular weight excluding hydrogens is 91.1 g/mol. The molecule has 0 heterocycles. The van der Waals surface area contributed by atoms with Crippen molar-refractivity contribution in [3.05, 3.63) is 18.6 Å². The van der Waals surface area contributed by atoms with E-state index in [-0.39, 0.29) is 6.67 Å². The Kier molecular flexibility index (Phi) is 3.67. The molecule has 41 valence electrons. The van der Waals surface area contributed by atoms with Crippen LogP contribution in [0.1, 0.15) is 13.3 Å². The predicted molar refractivity (Wildman–Crippen MR) is 29.7 cm³/mol. The van der Waals surface area contributed by atoms with E-state index in [2.05, 4.69) is 6.92 Å². The van der Waals surface area contributed by atoms with E-state index < -0.39 is 0 Å². The van der Waals surface area contributed by atoms with Crippen LogP contribution in [0, 0.1) is 6.92 Å². The molecule has 0 aliphatic heterocycles. The summed E-state index contributed by atoms with van der Waals surface area (Å²) in [6, 6.07) is 0. The van der Waals surface area contributed by atoms with Gasteiger partial charge in [-0.3, -0.25) is 0 Å². The van der Waals surface area contributed by atoms with Crippen LogP contribution in [0.25, 0.3) is 0 Å². The van der Waals surface area contributed by atoms with Crippen LogP contribution in [0.2, 0.25) is 0 Å². The lowest BCUT2D eigenvalue weighted by atomic mass is 10.3. The molecule has 0 rings (SSSR count). The Morgan fingerprint density at radius 3 is 2.57 bits per heavy atom. The Bertz CT molecular complexity index is 64.6. The van der Waals surface area contributed by atoms with E-state index in [1.54, 1.807) is 13.0 Å². The number of allylic oxidation sites excluding steroid dienone is 2. The smallest absolute Gasteiger partial charge is 0.110 e. The number of hydrogen-bond acceptors (Lipinski definition) is 0. The van der Waals surface area contributed by atoms with Gasteiger partial charge in [0, 0.05) is 0 Å². The quantitative estimate of drug-likeness (QED) is 0.467.